The van der Waals surface area contributed by atoms with Gasteiger partial charge in [-0.25, -0.2) is 0 Å². The zero-order chi connectivity index (χ0) is 12.3. The lowest BCUT2D eigenvalue weighted by Crippen LogP contribution is -2.41. The lowest BCUT2D eigenvalue weighted by atomic mass is 9.97. The first kappa shape index (κ1) is 11.5. The van der Waals surface area contributed by atoms with Crippen LogP contribution in [0, 0.1) is 17.2 Å². The number of piperidine rings is 1. The van der Waals surface area contributed by atoms with Gasteiger partial charge in [-0.2, -0.15) is 5.26 Å². The van der Waals surface area contributed by atoms with Crippen LogP contribution in [0.5, 0.6) is 0 Å². The third-order valence-corrected chi connectivity index (χ3v) is 3.19. The highest BCUT2D eigenvalue weighted by Gasteiger charge is 2.23. The molecular weight excluding hydrogens is 214 g/mol. The highest BCUT2D eigenvalue weighted by molar-refractivity contribution is 5.77. The first-order valence-electron chi connectivity index (χ1n) is 5.75. The minimum atomic E-state index is -0.219. The number of rotatable bonds is 2. The number of carbonyl (C=O) groups excluding carboxylic acids is 1. The number of hydrogen-bond donors (Lipinski definition) is 1. The van der Waals surface area contributed by atoms with Crippen LogP contribution in [-0.2, 0) is 4.79 Å². The molecule has 1 heterocycles. The largest absolute Gasteiger partial charge is 0.371 e. The standard InChI is InChI=1S/C13H15N3O/c14-8-10-3-5-12(6-4-10)16-7-1-2-11(9-16)13(15)17/h3-6,11H,1-2,7,9H2,(H2,15,17)/t11-/m0/s1. The van der Waals surface area contributed by atoms with E-state index in [1.54, 1.807) is 12.1 Å². The second kappa shape index (κ2) is 4.88. The van der Waals surface area contributed by atoms with Gasteiger partial charge in [0.05, 0.1) is 17.6 Å². The van der Waals surface area contributed by atoms with Gasteiger partial charge in [-0.05, 0) is 37.1 Å². The molecule has 4 heteroatoms. The second-order valence-corrected chi connectivity index (χ2v) is 4.35. The number of nitrogens with two attached hydrogens (primary N) is 1. The summed E-state index contributed by atoms with van der Waals surface area (Å²) in [7, 11) is 0. The van der Waals surface area contributed by atoms with Crippen LogP contribution in [0.15, 0.2) is 24.3 Å². The highest BCUT2D eigenvalue weighted by atomic mass is 16.1. The molecule has 0 radical (unpaired) electrons. The summed E-state index contributed by atoms with van der Waals surface area (Å²) in [6.07, 6.45) is 1.86. The van der Waals surface area contributed by atoms with Gasteiger partial charge in [0.15, 0.2) is 0 Å². The van der Waals surface area contributed by atoms with E-state index in [0.29, 0.717) is 12.1 Å². The molecule has 1 atom stereocenters. The molecule has 1 aliphatic heterocycles. The molecule has 17 heavy (non-hydrogen) atoms. The molecule has 1 amide bonds. The van der Waals surface area contributed by atoms with Gasteiger partial charge in [0, 0.05) is 18.8 Å². The molecule has 2 N–H and O–H groups in total. The molecular formula is C13H15N3O. The van der Waals surface area contributed by atoms with E-state index in [9.17, 15) is 4.79 Å². The number of nitrogens with zero attached hydrogens (tertiary/aromatic N) is 2. The monoisotopic (exact) mass is 229 g/mol. The van der Waals surface area contributed by atoms with Crippen LogP contribution in [0.4, 0.5) is 5.69 Å². The van der Waals surface area contributed by atoms with Gasteiger partial charge in [-0.3, -0.25) is 4.79 Å². The second-order valence-electron chi connectivity index (χ2n) is 4.35. The molecule has 4 nitrogen and oxygen atoms in total. The van der Waals surface area contributed by atoms with Gasteiger partial charge >= 0.3 is 0 Å². The minimum absolute atomic E-state index is 0.0561. The van der Waals surface area contributed by atoms with E-state index in [4.69, 9.17) is 11.0 Å². The Kier molecular flexibility index (Phi) is 3.29. The normalized spacial score (nSPS) is 19.7. The Bertz CT molecular complexity index is 447. The van der Waals surface area contributed by atoms with E-state index in [0.717, 1.165) is 25.1 Å². The van der Waals surface area contributed by atoms with Crippen molar-refractivity contribution in [3.63, 3.8) is 0 Å². The number of amides is 1. The van der Waals surface area contributed by atoms with Gasteiger partial charge in [0.25, 0.3) is 0 Å². The number of primary amides is 1. The van der Waals surface area contributed by atoms with Crippen LogP contribution >= 0.6 is 0 Å². The van der Waals surface area contributed by atoms with Gasteiger partial charge in [-0.15, -0.1) is 0 Å². The van der Waals surface area contributed by atoms with Crippen molar-refractivity contribution < 1.29 is 4.79 Å². The molecule has 0 saturated carbocycles. The Morgan fingerprint density at radius 1 is 1.41 bits per heavy atom. The maximum absolute atomic E-state index is 11.2. The summed E-state index contributed by atoms with van der Waals surface area (Å²) in [4.78, 5) is 13.3. The van der Waals surface area contributed by atoms with Crippen molar-refractivity contribution in [1.82, 2.24) is 0 Å². The van der Waals surface area contributed by atoms with Crippen LogP contribution in [0.1, 0.15) is 18.4 Å². The number of hydrogen-bond acceptors (Lipinski definition) is 3. The molecule has 0 unspecified atom stereocenters. The molecule has 0 bridgehead atoms. The fraction of sp³-hybridized carbons (Fsp3) is 0.385. The van der Waals surface area contributed by atoms with Crippen molar-refractivity contribution in [2.75, 3.05) is 18.0 Å². The van der Waals surface area contributed by atoms with Gasteiger partial charge in [0.2, 0.25) is 5.91 Å². The molecule has 1 aliphatic rings. The molecule has 2 rings (SSSR count). The first-order chi connectivity index (χ1) is 8.20. The van der Waals surface area contributed by atoms with Crippen molar-refractivity contribution >= 4 is 11.6 Å². The third kappa shape index (κ3) is 2.56. The van der Waals surface area contributed by atoms with Crippen molar-refractivity contribution in [3.05, 3.63) is 29.8 Å². The molecule has 1 aromatic rings. The zero-order valence-electron chi connectivity index (χ0n) is 9.60. The van der Waals surface area contributed by atoms with E-state index in [-0.39, 0.29) is 11.8 Å². The van der Waals surface area contributed by atoms with Crippen LogP contribution in [0.3, 0.4) is 0 Å². The maximum atomic E-state index is 11.2. The maximum Gasteiger partial charge on any atom is 0.222 e. The molecule has 88 valence electrons. The van der Waals surface area contributed by atoms with Gasteiger partial charge in [-0.1, -0.05) is 0 Å². The summed E-state index contributed by atoms with van der Waals surface area (Å²) in [6, 6.07) is 9.52. The average Bonchev–Trinajstić information content (AvgIpc) is 2.39. The number of benzene rings is 1. The fourth-order valence-corrected chi connectivity index (χ4v) is 2.19. The minimum Gasteiger partial charge on any atom is -0.371 e. The number of anilines is 1. The summed E-state index contributed by atoms with van der Waals surface area (Å²) in [5, 5.41) is 8.73. The quantitative estimate of drug-likeness (QED) is 0.830. The lowest BCUT2D eigenvalue weighted by molar-refractivity contribution is -0.122. The van der Waals surface area contributed by atoms with E-state index in [1.165, 1.54) is 0 Å². The van der Waals surface area contributed by atoms with E-state index >= 15 is 0 Å². The van der Waals surface area contributed by atoms with Crippen LogP contribution < -0.4 is 10.6 Å². The van der Waals surface area contributed by atoms with Gasteiger partial charge < -0.3 is 10.6 Å². The smallest absolute Gasteiger partial charge is 0.222 e. The fourth-order valence-electron chi connectivity index (χ4n) is 2.19. The Morgan fingerprint density at radius 3 is 2.71 bits per heavy atom. The summed E-state index contributed by atoms with van der Waals surface area (Å²) in [5.74, 6) is -0.275. The predicted octanol–water partition coefficient (Wildman–Crippen LogP) is 1.26. The Labute approximate surface area is 101 Å². The molecule has 1 aromatic carbocycles. The zero-order valence-corrected chi connectivity index (χ0v) is 9.60. The van der Waals surface area contributed by atoms with Gasteiger partial charge in [0.1, 0.15) is 0 Å². The summed E-state index contributed by atoms with van der Waals surface area (Å²) >= 11 is 0. The van der Waals surface area contributed by atoms with Crippen LogP contribution in [-0.4, -0.2) is 19.0 Å². The lowest BCUT2D eigenvalue weighted by Gasteiger charge is -2.33. The van der Waals surface area contributed by atoms with Crippen molar-refractivity contribution in [2.45, 2.75) is 12.8 Å². The van der Waals surface area contributed by atoms with Crippen LogP contribution in [0.25, 0.3) is 0 Å². The molecule has 0 aromatic heterocycles. The van der Waals surface area contributed by atoms with E-state index < -0.39 is 0 Å². The summed E-state index contributed by atoms with van der Waals surface area (Å²) in [5.41, 5.74) is 7.05. The van der Waals surface area contributed by atoms with Crippen molar-refractivity contribution in [2.24, 2.45) is 11.7 Å². The predicted molar refractivity (Wildman–Crippen MR) is 65.3 cm³/mol. The molecule has 0 spiro atoms. The Balaban J connectivity index is 2.11. The van der Waals surface area contributed by atoms with Crippen LogP contribution in [0.2, 0.25) is 0 Å². The Hall–Kier alpha value is -2.02. The molecule has 1 fully saturated rings. The summed E-state index contributed by atoms with van der Waals surface area (Å²) in [6.45, 7) is 1.62. The SMILES string of the molecule is N#Cc1ccc(N2CCC[C@H](C(N)=O)C2)cc1. The topological polar surface area (TPSA) is 70.1 Å². The summed E-state index contributed by atoms with van der Waals surface area (Å²) < 4.78 is 0. The third-order valence-electron chi connectivity index (χ3n) is 3.19. The highest BCUT2D eigenvalue weighted by Crippen LogP contribution is 2.23. The molecule has 0 aliphatic carbocycles. The van der Waals surface area contributed by atoms with E-state index in [1.807, 2.05) is 12.1 Å². The molecule has 1 saturated heterocycles. The number of carbonyl (C=O) groups is 1. The Morgan fingerprint density at radius 2 is 2.12 bits per heavy atom. The number of nitriles is 1. The first-order valence-corrected chi connectivity index (χ1v) is 5.75. The van der Waals surface area contributed by atoms with Crippen molar-refractivity contribution in [3.8, 4) is 6.07 Å². The van der Waals surface area contributed by atoms with E-state index in [2.05, 4.69) is 11.0 Å². The van der Waals surface area contributed by atoms with Crippen molar-refractivity contribution in [1.29, 1.82) is 5.26 Å². The average molecular weight is 229 g/mol.